The standard InChI is InChI=1S/C17H25NO6/c1-10(2)5-14(17(23)24)18-16(22)7-11(9-19)6-12-3-4-13(20)8-15(12)21/h3-4,8,10-11,14,19-21H,5-7,9H2,1-2H3,(H,18,22)(H,23,24)/t11?,14-/m0/s1. The highest BCUT2D eigenvalue weighted by Crippen LogP contribution is 2.25. The van der Waals surface area contributed by atoms with Gasteiger partial charge in [-0.05, 0) is 36.3 Å². The van der Waals surface area contributed by atoms with Gasteiger partial charge in [-0.25, -0.2) is 4.79 Å². The van der Waals surface area contributed by atoms with Gasteiger partial charge in [-0.3, -0.25) is 4.79 Å². The molecule has 0 radical (unpaired) electrons. The number of amides is 1. The molecule has 7 nitrogen and oxygen atoms in total. The molecule has 2 atom stereocenters. The number of nitrogens with one attached hydrogen (secondary N) is 1. The molecule has 0 heterocycles. The van der Waals surface area contributed by atoms with Gasteiger partial charge in [0, 0.05) is 19.1 Å². The number of phenolic OH excluding ortho intramolecular Hbond substituents is 2. The van der Waals surface area contributed by atoms with Gasteiger partial charge in [-0.1, -0.05) is 19.9 Å². The van der Waals surface area contributed by atoms with Crippen LogP contribution in [0.3, 0.4) is 0 Å². The second-order valence-electron chi connectivity index (χ2n) is 6.36. The van der Waals surface area contributed by atoms with E-state index in [1.165, 1.54) is 18.2 Å². The third-order valence-electron chi connectivity index (χ3n) is 3.65. The molecule has 1 amide bonds. The Balaban J connectivity index is 2.66. The molecule has 1 aromatic rings. The Morgan fingerprint density at radius 2 is 1.88 bits per heavy atom. The van der Waals surface area contributed by atoms with E-state index in [0.29, 0.717) is 12.0 Å². The topological polar surface area (TPSA) is 127 Å². The summed E-state index contributed by atoms with van der Waals surface area (Å²) in [6, 6.07) is 3.16. The normalized spacial score (nSPS) is 13.5. The molecule has 0 aliphatic rings. The maximum atomic E-state index is 12.0. The fourth-order valence-electron chi connectivity index (χ4n) is 2.45. The smallest absolute Gasteiger partial charge is 0.326 e. The van der Waals surface area contributed by atoms with Crippen molar-refractivity contribution in [3.63, 3.8) is 0 Å². The summed E-state index contributed by atoms with van der Waals surface area (Å²) in [7, 11) is 0. The van der Waals surface area contributed by atoms with Crippen LogP contribution >= 0.6 is 0 Å². The molecule has 0 aliphatic carbocycles. The number of rotatable bonds is 9. The van der Waals surface area contributed by atoms with E-state index in [9.17, 15) is 24.9 Å². The lowest BCUT2D eigenvalue weighted by molar-refractivity contribution is -0.142. The lowest BCUT2D eigenvalue weighted by Crippen LogP contribution is -2.42. The van der Waals surface area contributed by atoms with Gasteiger partial charge in [-0.15, -0.1) is 0 Å². The lowest BCUT2D eigenvalue weighted by Gasteiger charge is -2.19. The molecule has 7 heteroatoms. The lowest BCUT2D eigenvalue weighted by atomic mass is 9.95. The zero-order valence-corrected chi connectivity index (χ0v) is 13.9. The number of aliphatic hydroxyl groups is 1. The van der Waals surface area contributed by atoms with E-state index in [-0.39, 0.29) is 36.9 Å². The maximum Gasteiger partial charge on any atom is 0.326 e. The molecule has 0 saturated heterocycles. The Kier molecular flexibility index (Phi) is 7.51. The first-order chi connectivity index (χ1) is 11.2. The van der Waals surface area contributed by atoms with Crippen molar-refractivity contribution in [3.05, 3.63) is 23.8 Å². The zero-order valence-electron chi connectivity index (χ0n) is 13.9. The van der Waals surface area contributed by atoms with Gasteiger partial charge < -0.3 is 25.7 Å². The molecule has 134 valence electrons. The molecule has 0 aliphatic heterocycles. The van der Waals surface area contributed by atoms with E-state index in [4.69, 9.17) is 5.11 Å². The molecule has 0 aromatic heterocycles. The van der Waals surface area contributed by atoms with Crippen molar-refractivity contribution in [1.82, 2.24) is 5.32 Å². The van der Waals surface area contributed by atoms with Gasteiger partial charge in [0.25, 0.3) is 0 Å². The zero-order chi connectivity index (χ0) is 18.3. The van der Waals surface area contributed by atoms with Crippen LogP contribution < -0.4 is 5.32 Å². The fraction of sp³-hybridized carbons (Fsp3) is 0.529. The number of phenols is 2. The summed E-state index contributed by atoms with van der Waals surface area (Å²) in [5.74, 6) is -2.08. The minimum atomic E-state index is -1.09. The molecular formula is C17H25NO6. The Bertz CT molecular complexity index is 572. The van der Waals surface area contributed by atoms with Crippen LogP contribution in [0.15, 0.2) is 18.2 Å². The van der Waals surface area contributed by atoms with Gasteiger partial charge >= 0.3 is 5.97 Å². The molecule has 1 unspecified atom stereocenters. The summed E-state index contributed by atoms with van der Waals surface area (Å²) >= 11 is 0. The number of aliphatic carboxylic acids is 1. The SMILES string of the molecule is CC(C)C[C@H](NC(=O)CC(CO)Cc1ccc(O)cc1O)C(=O)O. The van der Waals surface area contributed by atoms with Gasteiger partial charge in [0.15, 0.2) is 0 Å². The van der Waals surface area contributed by atoms with Crippen molar-refractivity contribution < 1.29 is 30.0 Å². The summed E-state index contributed by atoms with van der Waals surface area (Å²) in [6.07, 6.45) is 0.500. The first-order valence-corrected chi connectivity index (χ1v) is 7.86. The van der Waals surface area contributed by atoms with Gasteiger partial charge in [-0.2, -0.15) is 0 Å². The molecule has 1 aromatic carbocycles. The molecular weight excluding hydrogens is 314 g/mol. The average molecular weight is 339 g/mol. The Morgan fingerprint density at radius 1 is 1.21 bits per heavy atom. The van der Waals surface area contributed by atoms with Crippen molar-refractivity contribution >= 4 is 11.9 Å². The van der Waals surface area contributed by atoms with Crippen molar-refractivity contribution in [2.24, 2.45) is 11.8 Å². The van der Waals surface area contributed by atoms with E-state index in [1.807, 2.05) is 13.8 Å². The van der Waals surface area contributed by atoms with Crippen LogP contribution in [0, 0.1) is 11.8 Å². The van der Waals surface area contributed by atoms with Gasteiger partial charge in [0.2, 0.25) is 5.91 Å². The number of benzene rings is 1. The second-order valence-corrected chi connectivity index (χ2v) is 6.36. The first-order valence-electron chi connectivity index (χ1n) is 7.86. The Hall–Kier alpha value is -2.28. The summed E-state index contributed by atoms with van der Waals surface area (Å²) in [4.78, 5) is 23.2. The van der Waals surface area contributed by atoms with Crippen molar-refractivity contribution in [3.8, 4) is 11.5 Å². The van der Waals surface area contributed by atoms with E-state index in [0.717, 1.165) is 0 Å². The second kappa shape index (κ2) is 9.12. The van der Waals surface area contributed by atoms with E-state index >= 15 is 0 Å². The number of aliphatic hydroxyl groups excluding tert-OH is 1. The number of hydrogen-bond acceptors (Lipinski definition) is 5. The molecule has 1 rings (SSSR count). The maximum absolute atomic E-state index is 12.0. The van der Waals surface area contributed by atoms with E-state index in [1.54, 1.807) is 0 Å². The third kappa shape index (κ3) is 6.45. The first kappa shape index (κ1) is 19.8. The van der Waals surface area contributed by atoms with Crippen LogP contribution in [0.2, 0.25) is 0 Å². The van der Waals surface area contributed by atoms with Crippen LogP contribution in [-0.2, 0) is 16.0 Å². The van der Waals surface area contributed by atoms with Crippen molar-refractivity contribution in [2.45, 2.75) is 39.2 Å². The highest BCUT2D eigenvalue weighted by atomic mass is 16.4. The van der Waals surface area contributed by atoms with Gasteiger partial charge in [0.05, 0.1) is 0 Å². The summed E-state index contributed by atoms with van der Waals surface area (Å²) in [6.45, 7) is 3.45. The average Bonchev–Trinajstić information content (AvgIpc) is 2.47. The summed E-state index contributed by atoms with van der Waals surface area (Å²) in [5, 5.41) is 40.1. The fourth-order valence-corrected chi connectivity index (χ4v) is 2.45. The molecule has 0 bridgehead atoms. The quantitative estimate of drug-likeness (QED) is 0.461. The minimum Gasteiger partial charge on any atom is -0.508 e. The molecule has 5 N–H and O–H groups in total. The number of hydrogen-bond donors (Lipinski definition) is 5. The number of carbonyl (C=O) groups is 2. The van der Waals surface area contributed by atoms with Crippen LogP contribution in [0.1, 0.15) is 32.3 Å². The Labute approximate surface area is 140 Å². The van der Waals surface area contributed by atoms with E-state index < -0.39 is 23.8 Å². The molecule has 24 heavy (non-hydrogen) atoms. The molecule has 0 saturated carbocycles. The van der Waals surface area contributed by atoms with Crippen molar-refractivity contribution in [2.75, 3.05) is 6.61 Å². The largest absolute Gasteiger partial charge is 0.508 e. The van der Waals surface area contributed by atoms with Crippen LogP contribution in [0.5, 0.6) is 11.5 Å². The Morgan fingerprint density at radius 3 is 2.38 bits per heavy atom. The number of carboxylic acid groups (broad SMARTS) is 1. The minimum absolute atomic E-state index is 0.0569. The number of aromatic hydroxyl groups is 2. The predicted octanol–water partition coefficient (Wildman–Crippen LogP) is 1.25. The highest BCUT2D eigenvalue weighted by Gasteiger charge is 2.23. The van der Waals surface area contributed by atoms with Crippen LogP contribution in [0.25, 0.3) is 0 Å². The van der Waals surface area contributed by atoms with Crippen LogP contribution in [0.4, 0.5) is 0 Å². The highest BCUT2D eigenvalue weighted by molar-refractivity contribution is 5.83. The number of carboxylic acids is 1. The predicted molar refractivity (Wildman–Crippen MR) is 87.7 cm³/mol. The monoisotopic (exact) mass is 339 g/mol. The van der Waals surface area contributed by atoms with Crippen molar-refractivity contribution in [1.29, 1.82) is 0 Å². The molecule has 0 fully saturated rings. The van der Waals surface area contributed by atoms with Crippen LogP contribution in [-0.4, -0.2) is 45.0 Å². The van der Waals surface area contributed by atoms with Gasteiger partial charge in [0.1, 0.15) is 17.5 Å². The molecule has 0 spiro atoms. The third-order valence-corrected chi connectivity index (χ3v) is 3.65. The summed E-state index contributed by atoms with van der Waals surface area (Å²) < 4.78 is 0. The number of carbonyl (C=O) groups excluding carboxylic acids is 1. The summed E-state index contributed by atoms with van der Waals surface area (Å²) in [5.41, 5.74) is 0.497. The van der Waals surface area contributed by atoms with E-state index in [2.05, 4.69) is 5.32 Å².